The Labute approximate surface area is 75.5 Å². The van der Waals surface area contributed by atoms with Gasteiger partial charge in [0, 0.05) is 12.6 Å². The molecule has 0 radical (unpaired) electrons. The highest BCUT2D eigenvalue weighted by atomic mass is 16.5. The van der Waals surface area contributed by atoms with Gasteiger partial charge in [-0.15, -0.1) is 0 Å². The molecule has 0 aromatic heterocycles. The van der Waals surface area contributed by atoms with Crippen LogP contribution < -0.4 is 5.73 Å². The fraction of sp³-hybridized carbons (Fsp3) is 1.00. The van der Waals surface area contributed by atoms with Gasteiger partial charge in [0.1, 0.15) is 0 Å². The zero-order valence-corrected chi connectivity index (χ0v) is 8.25. The lowest BCUT2D eigenvalue weighted by atomic mass is 9.85. The highest BCUT2D eigenvalue weighted by molar-refractivity contribution is 4.78. The normalized spacial score (nSPS) is 29.8. The van der Waals surface area contributed by atoms with Gasteiger partial charge in [0.25, 0.3) is 0 Å². The van der Waals surface area contributed by atoms with Crippen LogP contribution in [0.3, 0.4) is 0 Å². The molecule has 1 aliphatic heterocycles. The van der Waals surface area contributed by atoms with Gasteiger partial charge in [-0.3, -0.25) is 0 Å². The van der Waals surface area contributed by atoms with E-state index >= 15 is 0 Å². The lowest BCUT2D eigenvalue weighted by molar-refractivity contribution is 0.0371. The SMILES string of the molecule is CCC(C)C(N)C1CCCOC1. The largest absolute Gasteiger partial charge is 0.381 e. The van der Waals surface area contributed by atoms with Crippen molar-refractivity contribution in [2.45, 2.75) is 39.2 Å². The summed E-state index contributed by atoms with van der Waals surface area (Å²) in [5.74, 6) is 1.24. The molecule has 1 rings (SSSR count). The van der Waals surface area contributed by atoms with Crippen LogP contribution >= 0.6 is 0 Å². The van der Waals surface area contributed by atoms with Gasteiger partial charge in [-0.25, -0.2) is 0 Å². The van der Waals surface area contributed by atoms with Crippen molar-refractivity contribution >= 4 is 0 Å². The van der Waals surface area contributed by atoms with Gasteiger partial charge in [-0.1, -0.05) is 20.3 Å². The van der Waals surface area contributed by atoms with E-state index in [1.54, 1.807) is 0 Å². The Kier molecular flexibility index (Phi) is 4.02. The summed E-state index contributed by atoms with van der Waals surface area (Å²) in [5, 5.41) is 0. The van der Waals surface area contributed by atoms with Crippen molar-refractivity contribution in [3.05, 3.63) is 0 Å². The minimum atomic E-state index is 0.343. The third kappa shape index (κ3) is 2.46. The van der Waals surface area contributed by atoms with E-state index in [4.69, 9.17) is 10.5 Å². The molecule has 1 heterocycles. The molecule has 0 amide bonds. The number of nitrogens with two attached hydrogens (primary N) is 1. The molecule has 72 valence electrons. The molecular weight excluding hydrogens is 150 g/mol. The smallest absolute Gasteiger partial charge is 0.0509 e. The van der Waals surface area contributed by atoms with Crippen LogP contribution in [0.25, 0.3) is 0 Å². The van der Waals surface area contributed by atoms with Crippen LogP contribution in [-0.2, 0) is 4.74 Å². The maximum Gasteiger partial charge on any atom is 0.0509 e. The summed E-state index contributed by atoms with van der Waals surface area (Å²) in [5.41, 5.74) is 6.12. The van der Waals surface area contributed by atoms with Crippen molar-refractivity contribution in [1.82, 2.24) is 0 Å². The molecule has 1 saturated heterocycles. The number of rotatable bonds is 3. The molecule has 0 saturated carbocycles. The maximum atomic E-state index is 6.12. The summed E-state index contributed by atoms with van der Waals surface area (Å²) < 4.78 is 5.42. The first-order valence-electron chi connectivity index (χ1n) is 5.09. The Hall–Kier alpha value is -0.0800. The van der Waals surface area contributed by atoms with Crippen LogP contribution in [0.2, 0.25) is 0 Å². The van der Waals surface area contributed by atoms with E-state index in [0.717, 1.165) is 13.2 Å². The Morgan fingerprint density at radius 3 is 2.83 bits per heavy atom. The lowest BCUT2D eigenvalue weighted by Crippen LogP contribution is -2.40. The van der Waals surface area contributed by atoms with E-state index in [1.807, 2.05) is 0 Å². The third-order valence-electron chi connectivity index (χ3n) is 3.04. The number of ether oxygens (including phenoxy) is 1. The average Bonchev–Trinajstić information content (AvgIpc) is 2.17. The van der Waals surface area contributed by atoms with Crippen LogP contribution in [-0.4, -0.2) is 19.3 Å². The molecule has 12 heavy (non-hydrogen) atoms. The molecule has 0 aromatic carbocycles. The first-order valence-corrected chi connectivity index (χ1v) is 5.09. The maximum absolute atomic E-state index is 6.12. The Morgan fingerprint density at radius 2 is 2.33 bits per heavy atom. The zero-order valence-electron chi connectivity index (χ0n) is 8.25. The Bertz CT molecular complexity index is 121. The fourth-order valence-electron chi connectivity index (χ4n) is 1.81. The van der Waals surface area contributed by atoms with Gasteiger partial charge in [-0.05, 0) is 24.7 Å². The standard InChI is InChI=1S/C10H21NO/c1-3-8(2)10(11)9-5-4-6-12-7-9/h8-10H,3-7,11H2,1-2H3. The van der Waals surface area contributed by atoms with Crippen LogP contribution in [0, 0.1) is 11.8 Å². The van der Waals surface area contributed by atoms with Crippen molar-refractivity contribution in [3.8, 4) is 0 Å². The summed E-state index contributed by atoms with van der Waals surface area (Å²) in [6, 6.07) is 0.343. The van der Waals surface area contributed by atoms with Gasteiger partial charge in [0.05, 0.1) is 6.61 Å². The second-order valence-electron chi connectivity index (χ2n) is 3.94. The highest BCUT2D eigenvalue weighted by Crippen LogP contribution is 2.22. The zero-order chi connectivity index (χ0) is 8.97. The summed E-state index contributed by atoms with van der Waals surface area (Å²) in [6.07, 6.45) is 3.62. The quantitative estimate of drug-likeness (QED) is 0.702. The molecule has 2 nitrogen and oxygen atoms in total. The van der Waals surface area contributed by atoms with Gasteiger partial charge in [0.15, 0.2) is 0 Å². The molecule has 1 fully saturated rings. The molecular formula is C10H21NO. The number of hydrogen-bond donors (Lipinski definition) is 1. The van der Waals surface area contributed by atoms with Crippen LogP contribution in [0.4, 0.5) is 0 Å². The van der Waals surface area contributed by atoms with E-state index in [-0.39, 0.29) is 0 Å². The lowest BCUT2D eigenvalue weighted by Gasteiger charge is -2.30. The van der Waals surface area contributed by atoms with E-state index in [9.17, 15) is 0 Å². The highest BCUT2D eigenvalue weighted by Gasteiger charge is 2.24. The van der Waals surface area contributed by atoms with Crippen LogP contribution in [0.15, 0.2) is 0 Å². The van der Waals surface area contributed by atoms with Gasteiger partial charge < -0.3 is 10.5 Å². The van der Waals surface area contributed by atoms with Crippen molar-refractivity contribution in [2.24, 2.45) is 17.6 Å². The molecule has 0 spiro atoms. The summed E-state index contributed by atoms with van der Waals surface area (Å²) in [7, 11) is 0. The molecule has 0 aliphatic carbocycles. The minimum Gasteiger partial charge on any atom is -0.381 e. The van der Waals surface area contributed by atoms with E-state index in [1.165, 1.54) is 19.3 Å². The van der Waals surface area contributed by atoms with Gasteiger partial charge in [0.2, 0.25) is 0 Å². The molecule has 0 bridgehead atoms. The summed E-state index contributed by atoms with van der Waals surface area (Å²) in [6.45, 7) is 6.25. The molecule has 3 atom stereocenters. The van der Waals surface area contributed by atoms with E-state index in [2.05, 4.69) is 13.8 Å². The Balaban J connectivity index is 2.33. The first-order chi connectivity index (χ1) is 5.75. The van der Waals surface area contributed by atoms with Crippen LogP contribution in [0.1, 0.15) is 33.1 Å². The van der Waals surface area contributed by atoms with Gasteiger partial charge in [-0.2, -0.15) is 0 Å². The minimum absolute atomic E-state index is 0.343. The molecule has 1 aliphatic rings. The molecule has 2 heteroatoms. The topological polar surface area (TPSA) is 35.2 Å². The van der Waals surface area contributed by atoms with Crippen molar-refractivity contribution in [1.29, 1.82) is 0 Å². The fourth-order valence-corrected chi connectivity index (χ4v) is 1.81. The second kappa shape index (κ2) is 4.83. The van der Waals surface area contributed by atoms with E-state index < -0.39 is 0 Å². The second-order valence-corrected chi connectivity index (χ2v) is 3.94. The molecule has 3 unspecified atom stereocenters. The van der Waals surface area contributed by atoms with E-state index in [0.29, 0.717) is 17.9 Å². The monoisotopic (exact) mass is 171 g/mol. The third-order valence-corrected chi connectivity index (χ3v) is 3.04. The first kappa shape index (κ1) is 10.0. The van der Waals surface area contributed by atoms with Crippen LogP contribution in [0.5, 0.6) is 0 Å². The van der Waals surface area contributed by atoms with Crippen molar-refractivity contribution < 1.29 is 4.74 Å². The number of hydrogen-bond acceptors (Lipinski definition) is 2. The molecule has 2 N–H and O–H groups in total. The Morgan fingerprint density at radius 1 is 1.58 bits per heavy atom. The van der Waals surface area contributed by atoms with Crippen molar-refractivity contribution in [3.63, 3.8) is 0 Å². The summed E-state index contributed by atoms with van der Waals surface area (Å²) in [4.78, 5) is 0. The average molecular weight is 171 g/mol. The molecule has 0 aromatic rings. The van der Waals surface area contributed by atoms with Crippen molar-refractivity contribution in [2.75, 3.05) is 13.2 Å². The van der Waals surface area contributed by atoms with Gasteiger partial charge >= 0.3 is 0 Å². The summed E-state index contributed by atoms with van der Waals surface area (Å²) >= 11 is 0. The predicted octanol–water partition coefficient (Wildman–Crippen LogP) is 1.79. The predicted molar refractivity (Wildman–Crippen MR) is 51.0 cm³/mol.